The standard InChI is InChI=1S/C17H24O3/c18-16(8-11-19-15-5-2-1-3-6-15)14-7-12-20-17(13-14)9-4-10-17/h1-3,5-6,14,16,18H,4,7-13H2. The average Bonchev–Trinajstić information content (AvgIpc) is 2.47. The van der Waals surface area contributed by atoms with Gasteiger partial charge in [-0.3, -0.25) is 0 Å². The second-order valence-corrected chi connectivity index (χ2v) is 6.16. The van der Waals surface area contributed by atoms with Crippen LogP contribution in [-0.4, -0.2) is 30.0 Å². The van der Waals surface area contributed by atoms with E-state index in [1.807, 2.05) is 30.3 Å². The van der Waals surface area contributed by atoms with Crippen molar-refractivity contribution in [2.75, 3.05) is 13.2 Å². The summed E-state index contributed by atoms with van der Waals surface area (Å²) < 4.78 is 11.6. The molecule has 1 aromatic carbocycles. The maximum atomic E-state index is 10.4. The highest BCUT2D eigenvalue weighted by Crippen LogP contribution is 2.45. The molecule has 1 N–H and O–H groups in total. The summed E-state index contributed by atoms with van der Waals surface area (Å²) >= 11 is 0. The minimum atomic E-state index is -0.264. The molecule has 1 aliphatic carbocycles. The second kappa shape index (κ2) is 6.15. The summed E-state index contributed by atoms with van der Waals surface area (Å²) in [4.78, 5) is 0. The number of para-hydroxylation sites is 1. The zero-order valence-electron chi connectivity index (χ0n) is 12.0. The minimum Gasteiger partial charge on any atom is -0.493 e. The van der Waals surface area contributed by atoms with E-state index >= 15 is 0 Å². The molecule has 1 saturated carbocycles. The van der Waals surface area contributed by atoms with Gasteiger partial charge < -0.3 is 14.6 Å². The lowest BCUT2D eigenvalue weighted by atomic mass is 9.70. The van der Waals surface area contributed by atoms with E-state index in [4.69, 9.17) is 9.47 Å². The zero-order valence-corrected chi connectivity index (χ0v) is 12.0. The topological polar surface area (TPSA) is 38.7 Å². The van der Waals surface area contributed by atoms with Crippen LogP contribution in [0.15, 0.2) is 30.3 Å². The largest absolute Gasteiger partial charge is 0.493 e. The molecule has 0 aromatic heterocycles. The molecule has 1 saturated heterocycles. The van der Waals surface area contributed by atoms with Gasteiger partial charge in [0.15, 0.2) is 0 Å². The van der Waals surface area contributed by atoms with E-state index in [0.29, 0.717) is 18.9 Å². The smallest absolute Gasteiger partial charge is 0.119 e. The summed E-state index contributed by atoms with van der Waals surface area (Å²) in [5.74, 6) is 1.26. The summed E-state index contributed by atoms with van der Waals surface area (Å²) in [6, 6.07) is 9.80. The molecule has 0 radical (unpaired) electrons. The van der Waals surface area contributed by atoms with Gasteiger partial charge >= 0.3 is 0 Å². The lowest BCUT2D eigenvalue weighted by Crippen LogP contribution is -2.47. The van der Waals surface area contributed by atoms with Crippen LogP contribution >= 0.6 is 0 Å². The third-order valence-electron chi connectivity index (χ3n) is 4.77. The zero-order chi connectivity index (χ0) is 13.8. The number of rotatable bonds is 5. The molecule has 2 fully saturated rings. The number of aliphatic hydroxyl groups is 1. The molecular formula is C17H24O3. The molecule has 110 valence electrons. The highest BCUT2D eigenvalue weighted by Gasteiger charge is 2.43. The van der Waals surface area contributed by atoms with Crippen LogP contribution in [-0.2, 0) is 4.74 Å². The summed E-state index contributed by atoms with van der Waals surface area (Å²) in [6.07, 6.45) is 6.08. The van der Waals surface area contributed by atoms with E-state index in [-0.39, 0.29) is 11.7 Å². The third-order valence-corrected chi connectivity index (χ3v) is 4.77. The predicted octanol–water partition coefficient (Wildman–Crippen LogP) is 3.17. The fourth-order valence-electron chi connectivity index (χ4n) is 3.36. The van der Waals surface area contributed by atoms with Crippen molar-refractivity contribution in [2.24, 2.45) is 5.92 Å². The summed E-state index contributed by atoms with van der Waals surface area (Å²) in [6.45, 7) is 1.39. The van der Waals surface area contributed by atoms with Crippen molar-refractivity contribution < 1.29 is 14.6 Å². The molecule has 1 aliphatic heterocycles. The highest BCUT2D eigenvalue weighted by atomic mass is 16.5. The molecule has 3 heteroatoms. The molecule has 1 aromatic rings. The lowest BCUT2D eigenvalue weighted by molar-refractivity contribution is -0.157. The van der Waals surface area contributed by atoms with Crippen molar-refractivity contribution in [1.29, 1.82) is 0 Å². The number of aliphatic hydroxyl groups excluding tert-OH is 1. The van der Waals surface area contributed by atoms with Crippen LogP contribution in [0.5, 0.6) is 5.75 Å². The van der Waals surface area contributed by atoms with E-state index in [9.17, 15) is 5.11 Å². The molecule has 2 unspecified atom stereocenters. The van der Waals surface area contributed by atoms with Gasteiger partial charge in [0, 0.05) is 13.0 Å². The van der Waals surface area contributed by atoms with E-state index < -0.39 is 0 Å². The van der Waals surface area contributed by atoms with Gasteiger partial charge in [-0.05, 0) is 50.2 Å². The van der Waals surface area contributed by atoms with Crippen LogP contribution in [0.2, 0.25) is 0 Å². The predicted molar refractivity (Wildman–Crippen MR) is 77.8 cm³/mol. The van der Waals surface area contributed by atoms with Gasteiger partial charge in [-0.2, -0.15) is 0 Å². The van der Waals surface area contributed by atoms with Gasteiger partial charge in [0.1, 0.15) is 5.75 Å². The average molecular weight is 276 g/mol. The van der Waals surface area contributed by atoms with E-state index in [1.54, 1.807) is 0 Å². The Morgan fingerprint density at radius 3 is 2.80 bits per heavy atom. The van der Waals surface area contributed by atoms with Crippen molar-refractivity contribution in [3.63, 3.8) is 0 Å². The van der Waals surface area contributed by atoms with E-state index in [1.165, 1.54) is 19.3 Å². The third kappa shape index (κ3) is 3.15. The molecular weight excluding hydrogens is 252 g/mol. The number of hydrogen-bond acceptors (Lipinski definition) is 3. The van der Waals surface area contributed by atoms with Crippen molar-refractivity contribution in [2.45, 2.75) is 50.2 Å². The second-order valence-electron chi connectivity index (χ2n) is 6.16. The quantitative estimate of drug-likeness (QED) is 0.897. The van der Waals surface area contributed by atoms with Gasteiger partial charge in [0.25, 0.3) is 0 Å². The molecule has 20 heavy (non-hydrogen) atoms. The minimum absolute atomic E-state index is 0.115. The first-order valence-electron chi connectivity index (χ1n) is 7.77. The lowest BCUT2D eigenvalue weighted by Gasteiger charge is -2.48. The summed E-state index contributed by atoms with van der Waals surface area (Å²) in [5.41, 5.74) is 0.115. The monoisotopic (exact) mass is 276 g/mol. The van der Waals surface area contributed by atoms with Crippen LogP contribution in [0.1, 0.15) is 38.5 Å². The maximum absolute atomic E-state index is 10.4. The number of ether oxygens (including phenoxy) is 2. The van der Waals surface area contributed by atoms with Gasteiger partial charge in [-0.15, -0.1) is 0 Å². The fourth-order valence-corrected chi connectivity index (χ4v) is 3.36. The van der Waals surface area contributed by atoms with Crippen LogP contribution in [0.4, 0.5) is 0 Å². The Hall–Kier alpha value is -1.06. The molecule has 0 bridgehead atoms. The van der Waals surface area contributed by atoms with Crippen molar-refractivity contribution >= 4 is 0 Å². The van der Waals surface area contributed by atoms with Gasteiger partial charge in [-0.25, -0.2) is 0 Å². The molecule has 1 heterocycles. The maximum Gasteiger partial charge on any atom is 0.119 e. The Morgan fingerprint density at radius 2 is 2.10 bits per heavy atom. The summed E-state index contributed by atoms with van der Waals surface area (Å²) in [7, 11) is 0. The molecule has 1 spiro atoms. The van der Waals surface area contributed by atoms with Crippen LogP contribution < -0.4 is 4.74 Å². The summed E-state index contributed by atoms with van der Waals surface area (Å²) in [5, 5.41) is 10.4. The van der Waals surface area contributed by atoms with Crippen LogP contribution in [0.25, 0.3) is 0 Å². The van der Waals surface area contributed by atoms with Gasteiger partial charge in [0.2, 0.25) is 0 Å². The molecule has 2 aliphatic rings. The van der Waals surface area contributed by atoms with Gasteiger partial charge in [0.05, 0.1) is 18.3 Å². The first-order chi connectivity index (χ1) is 9.77. The molecule has 0 amide bonds. The Morgan fingerprint density at radius 1 is 1.30 bits per heavy atom. The first kappa shape index (κ1) is 13.9. The molecule has 3 rings (SSSR count). The Kier molecular flexibility index (Phi) is 4.27. The van der Waals surface area contributed by atoms with Crippen LogP contribution in [0, 0.1) is 5.92 Å². The SMILES string of the molecule is OC(CCOc1ccccc1)C1CCOC2(CCC2)C1. The van der Waals surface area contributed by atoms with E-state index in [0.717, 1.165) is 25.2 Å². The van der Waals surface area contributed by atoms with Crippen molar-refractivity contribution in [1.82, 2.24) is 0 Å². The van der Waals surface area contributed by atoms with Crippen molar-refractivity contribution in [3.05, 3.63) is 30.3 Å². The fraction of sp³-hybridized carbons (Fsp3) is 0.647. The van der Waals surface area contributed by atoms with E-state index in [2.05, 4.69) is 0 Å². The normalized spacial score (nSPS) is 25.9. The number of benzene rings is 1. The number of hydrogen-bond donors (Lipinski definition) is 1. The van der Waals surface area contributed by atoms with Crippen molar-refractivity contribution in [3.8, 4) is 5.75 Å². The van der Waals surface area contributed by atoms with Crippen LogP contribution in [0.3, 0.4) is 0 Å². The Balaban J connectivity index is 1.43. The highest BCUT2D eigenvalue weighted by molar-refractivity contribution is 5.20. The molecule has 2 atom stereocenters. The Bertz CT molecular complexity index is 414. The molecule has 3 nitrogen and oxygen atoms in total. The Labute approximate surface area is 120 Å². The first-order valence-corrected chi connectivity index (χ1v) is 7.77. The van der Waals surface area contributed by atoms with Gasteiger partial charge in [-0.1, -0.05) is 18.2 Å².